The maximum absolute atomic E-state index is 13.1. The minimum atomic E-state index is -3.80. The van der Waals surface area contributed by atoms with E-state index < -0.39 is 21.8 Å². The van der Waals surface area contributed by atoms with Gasteiger partial charge in [0.1, 0.15) is 5.70 Å². The van der Waals surface area contributed by atoms with E-state index in [9.17, 15) is 22.8 Å². The molecule has 204 valence electrons. The molecule has 12 heteroatoms. The molecule has 3 aromatic carbocycles. The van der Waals surface area contributed by atoms with Gasteiger partial charge in [-0.05, 0) is 89.1 Å². The maximum Gasteiger partial charge on any atom is 0.272 e. The zero-order chi connectivity index (χ0) is 28.5. The number of nitrogens with two attached hydrogens (primary N) is 1. The van der Waals surface area contributed by atoms with E-state index in [1.807, 2.05) is 16.8 Å². The van der Waals surface area contributed by atoms with Crippen LogP contribution >= 0.6 is 23.1 Å². The van der Waals surface area contributed by atoms with Gasteiger partial charge in [0.25, 0.3) is 11.8 Å². The van der Waals surface area contributed by atoms with Gasteiger partial charge in [-0.2, -0.15) is 11.3 Å². The fourth-order valence-corrected chi connectivity index (χ4v) is 5.20. The highest BCUT2D eigenvalue weighted by Crippen LogP contribution is 2.22. The Balaban J connectivity index is 1.34. The van der Waals surface area contributed by atoms with Crippen molar-refractivity contribution in [2.75, 3.05) is 16.4 Å². The van der Waals surface area contributed by atoms with Crippen molar-refractivity contribution in [2.45, 2.75) is 9.79 Å². The van der Waals surface area contributed by atoms with E-state index in [0.29, 0.717) is 16.9 Å². The molecule has 3 amide bonds. The van der Waals surface area contributed by atoms with Gasteiger partial charge in [-0.25, -0.2) is 13.6 Å². The first kappa shape index (κ1) is 28.8. The summed E-state index contributed by atoms with van der Waals surface area (Å²) in [5, 5.41) is 17.0. The number of thiophene rings is 1. The number of thioether (sulfide) groups is 1. The molecular formula is C28H24N4O5S3. The number of nitrogens with one attached hydrogen (secondary N) is 3. The molecule has 0 aliphatic carbocycles. The maximum atomic E-state index is 13.1. The van der Waals surface area contributed by atoms with Crippen molar-refractivity contribution in [3.05, 3.63) is 113 Å². The molecular weight excluding hydrogens is 569 g/mol. The molecule has 0 radical (unpaired) electrons. The highest BCUT2D eigenvalue weighted by Gasteiger charge is 2.15. The van der Waals surface area contributed by atoms with Gasteiger partial charge >= 0.3 is 0 Å². The van der Waals surface area contributed by atoms with Crippen LogP contribution < -0.4 is 21.1 Å². The van der Waals surface area contributed by atoms with Crippen molar-refractivity contribution in [2.24, 2.45) is 5.14 Å². The number of hydrogen-bond donors (Lipinski definition) is 4. The van der Waals surface area contributed by atoms with Crippen LogP contribution in [-0.4, -0.2) is 31.9 Å². The molecule has 0 fully saturated rings. The van der Waals surface area contributed by atoms with E-state index in [0.717, 1.165) is 10.5 Å². The lowest BCUT2D eigenvalue weighted by atomic mass is 10.2. The quantitative estimate of drug-likeness (QED) is 0.157. The highest BCUT2D eigenvalue weighted by atomic mass is 32.2. The molecule has 0 saturated carbocycles. The van der Waals surface area contributed by atoms with Crippen LogP contribution in [0.2, 0.25) is 0 Å². The summed E-state index contributed by atoms with van der Waals surface area (Å²) >= 11 is 2.77. The van der Waals surface area contributed by atoms with Crippen molar-refractivity contribution >= 4 is 68.3 Å². The molecule has 9 nitrogen and oxygen atoms in total. The summed E-state index contributed by atoms with van der Waals surface area (Å²) in [7, 11) is -3.80. The molecule has 0 spiro atoms. The standard InChI is InChI=1S/C28H24N4O5S3/c29-40(36,37)24-12-8-21(9-13-24)30-26(33)18-39-23-10-6-22(7-11-23)31-28(35)25(16-19-14-15-38-17-19)32-27(34)20-4-2-1-3-5-20/h1-17H,18H2,(H,30,33)(H,31,35)(H,32,34)(H2,29,36,37)/b25-16-. The summed E-state index contributed by atoms with van der Waals surface area (Å²) < 4.78 is 22.7. The third kappa shape index (κ3) is 8.38. The molecule has 40 heavy (non-hydrogen) atoms. The van der Waals surface area contributed by atoms with E-state index in [1.54, 1.807) is 60.7 Å². The van der Waals surface area contributed by atoms with Crippen molar-refractivity contribution in [1.29, 1.82) is 0 Å². The summed E-state index contributed by atoms with van der Waals surface area (Å²) in [6.45, 7) is 0. The largest absolute Gasteiger partial charge is 0.325 e. The van der Waals surface area contributed by atoms with Gasteiger partial charge in [0, 0.05) is 21.8 Å². The first-order valence-corrected chi connectivity index (χ1v) is 15.2. The second-order valence-electron chi connectivity index (χ2n) is 8.32. The van der Waals surface area contributed by atoms with Crippen molar-refractivity contribution < 1.29 is 22.8 Å². The molecule has 0 aliphatic rings. The Kier molecular flexibility index (Phi) is 9.51. The van der Waals surface area contributed by atoms with Crippen LogP contribution in [0.4, 0.5) is 11.4 Å². The topological polar surface area (TPSA) is 147 Å². The van der Waals surface area contributed by atoms with E-state index in [4.69, 9.17) is 5.14 Å². The summed E-state index contributed by atoms with van der Waals surface area (Å²) in [5.41, 5.74) is 2.27. The van der Waals surface area contributed by atoms with E-state index >= 15 is 0 Å². The predicted molar refractivity (Wildman–Crippen MR) is 158 cm³/mol. The molecule has 5 N–H and O–H groups in total. The van der Waals surface area contributed by atoms with Gasteiger partial charge in [-0.3, -0.25) is 14.4 Å². The lowest BCUT2D eigenvalue weighted by molar-refractivity contribution is -0.114. The van der Waals surface area contributed by atoms with E-state index in [-0.39, 0.29) is 22.3 Å². The third-order valence-electron chi connectivity index (χ3n) is 5.33. The van der Waals surface area contributed by atoms with Crippen LogP contribution in [0, 0.1) is 0 Å². The number of rotatable bonds is 10. The van der Waals surface area contributed by atoms with E-state index in [1.165, 1.54) is 47.4 Å². The van der Waals surface area contributed by atoms with Crippen molar-refractivity contribution in [3.63, 3.8) is 0 Å². The Labute approximate surface area is 239 Å². The monoisotopic (exact) mass is 592 g/mol. The number of anilines is 2. The zero-order valence-electron chi connectivity index (χ0n) is 20.9. The summed E-state index contributed by atoms with van der Waals surface area (Å²) in [4.78, 5) is 38.8. The average molecular weight is 593 g/mol. The minimum absolute atomic E-state index is 0.0419. The average Bonchev–Trinajstić information content (AvgIpc) is 3.46. The number of carbonyl (C=O) groups excluding carboxylic acids is 3. The molecule has 1 aromatic heterocycles. The normalized spacial score (nSPS) is 11.5. The van der Waals surface area contributed by atoms with Crippen LogP contribution in [0.15, 0.2) is 111 Å². The fourth-order valence-electron chi connectivity index (χ4n) is 3.37. The van der Waals surface area contributed by atoms with Gasteiger partial charge < -0.3 is 16.0 Å². The molecule has 0 atom stereocenters. The van der Waals surface area contributed by atoms with Gasteiger partial charge in [0.2, 0.25) is 15.9 Å². The van der Waals surface area contributed by atoms with Gasteiger partial charge in [0.05, 0.1) is 10.6 Å². The summed E-state index contributed by atoms with van der Waals surface area (Å²) in [5.74, 6) is -1.05. The Bertz CT molecular complexity index is 1620. The number of amides is 3. The molecule has 4 aromatic rings. The first-order chi connectivity index (χ1) is 19.2. The number of primary sulfonamides is 1. The second-order valence-corrected chi connectivity index (χ2v) is 11.7. The van der Waals surface area contributed by atoms with Gasteiger partial charge in [-0.1, -0.05) is 18.2 Å². The highest BCUT2D eigenvalue weighted by molar-refractivity contribution is 8.00. The van der Waals surface area contributed by atoms with Crippen molar-refractivity contribution in [3.8, 4) is 0 Å². The Morgan fingerprint density at radius 3 is 2.12 bits per heavy atom. The lowest BCUT2D eigenvalue weighted by Crippen LogP contribution is -2.30. The molecule has 0 unspecified atom stereocenters. The number of hydrogen-bond acceptors (Lipinski definition) is 7. The molecule has 0 bridgehead atoms. The minimum Gasteiger partial charge on any atom is -0.325 e. The van der Waals surface area contributed by atoms with Crippen LogP contribution in [0.25, 0.3) is 6.08 Å². The van der Waals surface area contributed by atoms with Crippen LogP contribution in [0.1, 0.15) is 15.9 Å². The number of benzene rings is 3. The van der Waals surface area contributed by atoms with Crippen LogP contribution in [-0.2, 0) is 19.6 Å². The van der Waals surface area contributed by atoms with Gasteiger partial charge in [-0.15, -0.1) is 11.8 Å². The Morgan fingerprint density at radius 2 is 1.50 bits per heavy atom. The second kappa shape index (κ2) is 13.2. The Morgan fingerprint density at radius 1 is 0.850 bits per heavy atom. The van der Waals surface area contributed by atoms with Crippen LogP contribution in [0.5, 0.6) is 0 Å². The van der Waals surface area contributed by atoms with Gasteiger partial charge in [0.15, 0.2) is 0 Å². The summed E-state index contributed by atoms with van der Waals surface area (Å²) in [6.07, 6.45) is 1.61. The molecule has 0 saturated heterocycles. The fraction of sp³-hybridized carbons (Fsp3) is 0.0357. The molecule has 4 rings (SSSR count). The Hall–Kier alpha value is -4.23. The molecule has 1 heterocycles. The first-order valence-electron chi connectivity index (χ1n) is 11.7. The smallest absolute Gasteiger partial charge is 0.272 e. The zero-order valence-corrected chi connectivity index (χ0v) is 23.3. The lowest BCUT2D eigenvalue weighted by Gasteiger charge is -2.11. The number of sulfonamides is 1. The SMILES string of the molecule is NS(=O)(=O)c1ccc(NC(=O)CSc2ccc(NC(=O)/C(=C/c3ccsc3)NC(=O)c3ccccc3)cc2)cc1. The predicted octanol–water partition coefficient (Wildman–Crippen LogP) is 4.54. The molecule has 0 aliphatic heterocycles. The van der Waals surface area contributed by atoms with Crippen molar-refractivity contribution in [1.82, 2.24) is 5.32 Å². The third-order valence-corrected chi connectivity index (χ3v) is 7.97. The number of carbonyl (C=O) groups is 3. The van der Waals surface area contributed by atoms with E-state index in [2.05, 4.69) is 16.0 Å². The van der Waals surface area contributed by atoms with Crippen LogP contribution in [0.3, 0.4) is 0 Å². The summed E-state index contributed by atoms with van der Waals surface area (Å²) in [6, 6.07) is 22.9.